The number of aromatic nitrogens is 1. The number of amides is 2. The lowest BCUT2D eigenvalue weighted by Gasteiger charge is -2.42. The number of piperazine rings is 2. The third-order valence-corrected chi connectivity index (χ3v) is 7.92. The van der Waals surface area contributed by atoms with Gasteiger partial charge < -0.3 is 29.6 Å². The lowest BCUT2D eigenvalue weighted by Crippen LogP contribution is -2.57. The molecule has 208 valence electrons. The number of hydrogen-bond donors (Lipinski definition) is 2. The zero-order chi connectivity index (χ0) is 27.8. The smallest absolute Gasteiger partial charge is 0.261 e. The van der Waals surface area contributed by atoms with Crippen molar-refractivity contribution in [2.45, 2.75) is 19.0 Å². The van der Waals surface area contributed by atoms with E-state index in [0.717, 1.165) is 0 Å². The predicted octanol–water partition coefficient (Wildman–Crippen LogP) is 1.98. The van der Waals surface area contributed by atoms with Gasteiger partial charge in [-0.15, -0.1) is 0 Å². The Hall–Kier alpha value is -3.41. The van der Waals surface area contributed by atoms with Gasteiger partial charge in [0, 0.05) is 51.9 Å². The van der Waals surface area contributed by atoms with Crippen molar-refractivity contribution >= 4 is 29.2 Å². The number of halogens is 2. The van der Waals surface area contributed by atoms with Gasteiger partial charge in [0.25, 0.3) is 5.91 Å². The minimum absolute atomic E-state index is 0.0258. The van der Waals surface area contributed by atoms with Crippen LogP contribution in [0.15, 0.2) is 30.9 Å². The molecule has 0 aliphatic carbocycles. The fourth-order valence-corrected chi connectivity index (χ4v) is 5.87. The molecule has 5 rings (SSSR count). The van der Waals surface area contributed by atoms with Crippen LogP contribution >= 0.6 is 11.6 Å². The summed E-state index contributed by atoms with van der Waals surface area (Å²) in [7, 11) is 0. The Balaban J connectivity index is 1.64. The molecule has 2 saturated heterocycles. The fourth-order valence-electron chi connectivity index (χ4n) is 5.59. The van der Waals surface area contributed by atoms with Gasteiger partial charge in [-0.2, -0.15) is 0 Å². The highest BCUT2D eigenvalue weighted by Crippen LogP contribution is 2.46. The number of β-amino-alcohol motifs (C(OH)–C–C–N with tert-alkyl or cyclic N) is 1. The average Bonchev–Trinajstić information content (AvgIpc) is 3.06. The van der Waals surface area contributed by atoms with E-state index in [2.05, 4.69) is 11.5 Å². The molecule has 0 radical (unpaired) electrons. The second kappa shape index (κ2) is 11.0. The van der Waals surface area contributed by atoms with E-state index in [1.54, 1.807) is 9.80 Å². The Bertz CT molecular complexity index is 1290. The number of carbonyl (C=O) groups excluding carboxylic acids is 2. The highest BCUT2D eigenvalue weighted by Gasteiger charge is 2.41. The molecule has 2 aromatic rings. The van der Waals surface area contributed by atoms with E-state index >= 15 is 4.39 Å². The fraction of sp³-hybridized carbons (Fsp3) is 0.444. The average molecular weight is 560 g/mol. The van der Waals surface area contributed by atoms with Crippen molar-refractivity contribution in [2.75, 3.05) is 63.9 Å². The first-order valence-electron chi connectivity index (χ1n) is 12.9. The minimum Gasteiger partial charge on any atom is -0.507 e. The van der Waals surface area contributed by atoms with E-state index in [4.69, 9.17) is 21.3 Å². The molecule has 2 atom stereocenters. The maximum atomic E-state index is 15.0. The van der Waals surface area contributed by atoms with Crippen LogP contribution in [0.4, 0.5) is 10.2 Å². The summed E-state index contributed by atoms with van der Waals surface area (Å²) in [6.45, 7) is 8.77. The lowest BCUT2D eigenvalue weighted by atomic mass is 10.0. The Morgan fingerprint density at radius 2 is 2.00 bits per heavy atom. The topological polar surface area (TPSA) is 110 Å². The zero-order valence-electron chi connectivity index (χ0n) is 21.6. The van der Waals surface area contributed by atoms with E-state index in [9.17, 15) is 19.8 Å². The van der Waals surface area contributed by atoms with Crippen LogP contribution < -0.4 is 9.64 Å². The molecule has 0 saturated carbocycles. The molecule has 3 aliphatic rings. The molecule has 12 heteroatoms. The van der Waals surface area contributed by atoms with Crippen LogP contribution in [0.3, 0.4) is 0 Å². The van der Waals surface area contributed by atoms with Crippen LogP contribution in [0.5, 0.6) is 11.5 Å². The van der Waals surface area contributed by atoms with Gasteiger partial charge in [-0.3, -0.25) is 14.5 Å². The van der Waals surface area contributed by atoms with Crippen molar-refractivity contribution in [1.29, 1.82) is 0 Å². The number of anilines is 1. The number of carbonyl (C=O) groups is 2. The third-order valence-electron chi connectivity index (χ3n) is 7.57. The minimum atomic E-state index is -0.716. The first kappa shape index (κ1) is 27.2. The normalized spacial score (nSPS) is 21.6. The predicted molar refractivity (Wildman–Crippen MR) is 144 cm³/mol. The standard InChI is InChI=1S/C27H31ClFN5O5/c1-3-20(37)32-8-10-34-17(14-32)15-39-25-22(27(34)38)26(33-9-7-31(11-12-35)13-16(33)2)30-24(23(25)28)21-18(29)5-4-6-19(21)36/h3-6,16-17,35-36H,1,7-15H2,2H3/t16-,17+/m0/s1. The highest BCUT2D eigenvalue weighted by atomic mass is 35.5. The molecule has 2 fully saturated rings. The number of aromatic hydroxyl groups is 1. The largest absolute Gasteiger partial charge is 0.507 e. The molecule has 0 unspecified atom stereocenters. The third kappa shape index (κ3) is 4.90. The van der Waals surface area contributed by atoms with Crippen LogP contribution in [-0.4, -0.2) is 113 Å². The SMILES string of the molecule is C=CC(=O)N1CCN2C(=O)c3c(N4CCN(CCO)C[C@@H]4C)nc(-c4c(O)cccc4F)c(Cl)c3OC[C@H]2C1. The maximum Gasteiger partial charge on any atom is 0.261 e. The molecule has 1 aromatic heterocycles. The zero-order valence-corrected chi connectivity index (χ0v) is 22.4. The van der Waals surface area contributed by atoms with Gasteiger partial charge in [0.05, 0.1) is 18.2 Å². The summed E-state index contributed by atoms with van der Waals surface area (Å²) in [6.07, 6.45) is 1.24. The van der Waals surface area contributed by atoms with Crippen molar-refractivity contribution in [2.24, 2.45) is 0 Å². The number of nitrogens with zero attached hydrogens (tertiary/aromatic N) is 5. The number of ether oxygens (including phenoxy) is 1. The monoisotopic (exact) mass is 559 g/mol. The van der Waals surface area contributed by atoms with E-state index in [-0.39, 0.29) is 71.0 Å². The second-order valence-corrected chi connectivity index (χ2v) is 10.3. The number of pyridine rings is 1. The molecule has 39 heavy (non-hydrogen) atoms. The van der Waals surface area contributed by atoms with Crippen LogP contribution in [0.25, 0.3) is 11.3 Å². The van der Waals surface area contributed by atoms with Gasteiger partial charge in [0.1, 0.15) is 40.3 Å². The quantitative estimate of drug-likeness (QED) is 0.535. The Morgan fingerprint density at radius 1 is 1.23 bits per heavy atom. The maximum absolute atomic E-state index is 15.0. The molecule has 2 N–H and O–H groups in total. The Morgan fingerprint density at radius 3 is 2.69 bits per heavy atom. The first-order valence-corrected chi connectivity index (χ1v) is 13.3. The second-order valence-electron chi connectivity index (χ2n) is 9.95. The number of fused-ring (bicyclic) bond motifs is 2. The summed E-state index contributed by atoms with van der Waals surface area (Å²) in [5.74, 6) is -1.25. The van der Waals surface area contributed by atoms with Gasteiger partial charge in [-0.05, 0) is 25.1 Å². The number of hydrogen-bond acceptors (Lipinski definition) is 8. The van der Waals surface area contributed by atoms with Gasteiger partial charge in [0.2, 0.25) is 5.91 Å². The molecule has 10 nitrogen and oxygen atoms in total. The van der Waals surface area contributed by atoms with Crippen molar-refractivity contribution in [3.05, 3.63) is 47.3 Å². The molecular weight excluding hydrogens is 529 g/mol. The van der Waals surface area contributed by atoms with Crippen LogP contribution in [0.1, 0.15) is 17.3 Å². The Labute approximate surface area is 230 Å². The van der Waals surface area contributed by atoms with Crippen molar-refractivity contribution in [3.8, 4) is 22.8 Å². The van der Waals surface area contributed by atoms with E-state index in [1.165, 1.54) is 24.3 Å². The number of rotatable bonds is 5. The van der Waals surface area contributed by atoms with Crippen LogP contribution in [0.2, 0.25) is 5.02 Å². The molecule has 3 aliphatic heterocycles. The van der Waals surface area contributed by atoms with E-state index in [1.807, 2.05) is 11.8 Å². The highest BCUT2D eigenvalue weighted by molar-refractivity contribution is 6.35. The summed E-state index contributed by atoms with van der Waals surface area (Å²) in [5.41, 5.74) is -0.0333. The molecule has 0 spiro atoms. The summed E-state index contributed by atoms with van der Waals surface area (Å²) in [5, 5.41) is 19.9. The first-order chi connectivity index (χ1) is 18.7. The van der Waals surface area contributed by atoms with Crippen LogP contribution in [-0.2, 0) is 4.79 Å². The summed E-state index contributed by atoms with van der Waals surface area (Å²) in [4.78, 5) is 38.5. The Kier molecular flexibility index (Phi) is 7.66. The molecule has 1 aromatic carbocycles. The number of phenolic OH excluding ortho intramolecular Hbond substituents is 1. The number of benzene rings is 1. The number of aliphatic hydroxyl groups is 1. The number of aliphatic hydroxyl groups excluding tert-OH is 1. The summed E-state index contributed by atoms with van der Waals surface area (Å²) < 4.78 is 21.2. The van der Waals surface area contributed by atoms with Gasteiger partial charge >= 0.3 is 0 Å². The van der Waals surface area contributed by atoms with Crippen molar-refractivity contribution in [1.82, 2.24) is 19.7 Å². The molecule has 4 heterocycles. The van der Waals surface area contributed by atoms with Gasteiger partial charge in [0.15, 0.2) is 5.75 Å². The molecule has 0 bridgehead atoms. The number of phenols is 1. The van der Waals surface area contributed by atoms with Gasteiger partial charge in [-0.25, -0.2) is 9.37 Å². The summed E-state index contributed by atoms with van der Waals surface area (Å²) in [6, 6.07) is 3.37. The molecular formula is C27H31ClFN5O5. The van der Waals surface area contributed by atoms with E-state index < -0.39 is 11.9 Å². The molecule has 2 amide bonds. The lowest BCUT2D eigenvalue weighted by molar-refractivity contribution is -0.128. The van der Waals surface area contributed by atoms with Crippen molar-refractivity contribution < 1.29 is 28.9 Å². The summed E-state index contributed by atoms with van der Waals surface area (Å²) >= 11 is 6.79. The van der Waals surface area contributed by atoms with Crippen molar-refractivity contribution in [3.63, 3.8) is 0 Å². The van der Waals surface area contributed by atoms with Gasteiger partial charge in [-0.1, -0.05) is 24.2 Å². The van der Waals surface area contributed by atoms with E-state index in [0.29, 0.717) is 45.1 Å². The van der Waals surface area contributed by atoms with Crippen LogP contribution in [0, 0.1) is 5.82 Å².